The van der Waals surface area contributed by atoms with Gasteiger partial charge < -0.3 is 15.8 Å². The van der Waals surface area contributed by atoms with Crippen LogP contribution in [0.25, 0.3) is 0 Å². The monoisotopic (exact) mass is 326 g/mol. The summed E-state index contributed by atoms with van der Waals surface area (Å²) in [6.45, 7) is 1.15. The second kappa shape index (κ2) is 10.4. The molecule has 1 amide bonds. The molecule has 0 spiro atoms. The molecule has 0 aliphatic carbocycles. The average molecular weight is 326 g/mol. The second-order valence-corrected chi connectivity index (χ2v) is 5.76. The fourth-order valence-electron chi connectivity index (χ4n) is 2.44. The number of para-hydroxylation sites is 2. The zero-order valence-corrected chi connectivity index (χ0v) is 14.0. The molecular weight excluding hydrogens is 300 g/mol. The van der Waals surface area contributed by atoms with E-state index in [9.17, 15) is 4.79 Å². The van der Waals surface area contributed by atoms with Gasteiger partial charge in [-0.3, -0.25) is 4.79 Å². The molecule has 0 aliphatic rings. The number of nitrogens with one attached hydrogen (secondary N) is 1. The highest BCUT2D eigenvalue weighted by atomic mass is 16.5. The van der Waals surface area contributed by atoms with Gasteiger partial charge in [-0.1, -0.05) is 49.2 Å². The lowest BCUT2D eigenvalue weighted by molar-refractivity contribution is -0.116. The largest absolute Gasteiger partial charge is 0.489 e. The Morgan fingerprint density at radius 1 is 0.917 bits per heavy atom. The Bertz CT molecular complexity index is 614. The fraction of sp³-hybridized carbons (Fsp3) is 0.350. The maximum Gasteiger partial charge on any atom is 0.224 e. The summed E-state index contributed by atoms with van der Waals surface area (Å²) in [5.41, 5.74) is 7.26. The quantitative estimate of drug-likeness (QED) is 0.646. The fourth-order valence-corrected chi connectivity index (χ4v) is 2.44. The van der Waals surface area contributed by atoms with Crippen LogP contribution in [0.1, 0.15) is 37.7 Å². The van der Waals surface area contributed by atoms with Crippen LogP contribution >= 0.6 is 0 Å². The van der Waals surface area contributed by atoms with Gasteiger partial charge in [0.05, 0.1) is 0 Å². The lowest BCUT2D eigenvalue weighted by Crippen LogP contribution is -2.13. The van der Waals surface area contributed by atoms with Crippen molar-refractivity contribution in [3.63, 3.8) is 0 Å². The van der Waals surface area contributed by atoms with Gasteiger partial charge in [-0.2, -0.15) is 0 Å². The van der Waals surface area contributed by atoms with Gasteiger partial charge in [0.15, 0.2) is 0 Å². The third-order valence-corrected chi connectivity index (χ3v) is 3.79. The van der Waals surface area contributed by atoms with E-state index < -0.39 is 0 Å². The maximum absolute atomic E-state index is 12.1. The van der Waals surface area contributed by atoms with Crippen molar-refractivity contribution in [1.82, 2.24) is 0 Å². The minimum absolute atomic E-state index is 0.0508. The summed E-state index contributed by atoms with van der Waals surface area (Å²) >= 11 is 0. The van der Waals surface area contributed by atoms with E-state index in [0.29, 0.717) is 13.0 Å². The molecular formula is C20H26N2O2. The van der Waals surface area contributed by atoms with Crippen molar-refractivity contribution >= 4 is 11.6 Å². The maximum atomic E-state index is 12.1. The first-order chi connectivity index (χ1) is 11.8. The molecule has 0 bridgehead atoms. The van der Waals surface area contributed by atoms with Crippen molar-refractivity contribution < 1.29 is 9.53 Å². The number of carbonyl (C=O) groups excluding carboxylic acids is 1. The summed E-state index contributed by atoms with van der Waals surface area (Å²) in [7, 11) is 0. The Morgan fingerprint density at radius 3 is 2.42 bits per heavy atom. The highest BCUT2D eigenvalue weighted by molar-refractivity contribution is 5.91. The van der Waals surface area contributed by atoms with Crippen molar-refractivity contribution in [2.45, 2.75) is 38.7 Å². The van der Waals surface area contributed by atoms with Gasteiger partial charge in [0.2, 0.25) is 5.91 Å². The standard InChI is InChI=1S/C20H26N2O2/c21-15-9-2-1-6-14-20(23)22-19-13-8-7-10-17(19)16-24-18-11-4-3-5-12-18/h3-5,7-8,10-13H,1-2,6,9,14-16,21H2,(H,22,23). The van der Waals surface area contributed by atoms with E-state index in [0.717, 1.165) is 49.2 Å². The molecule has 2 aromatic carbocycles. The number of anilines is 1. The molecule has 24 heavy (non-hydrogen) atoms. The molecule has 0 saturated heterocycles. The smallest absolute Gasteiger partial charge is 0.224 e. The topological polar surface area (TPSA) is 64.4 Å². The zero-order chi connectivity index (χ0) is 17.0. The van der Waals surface area contributed by atoms with Gasteiger partial charge in [-0.05, 0) is 37.6 Å². The summed E-state index contributed by atoms with van der Waals surface area (Å²) in [4.78, 5) is 12.1. The molecule has 0 aromatic heterocycles. The van der Waals surface area contributed by atoms with Crippen molar-refractivity contribution in [3.05, 3.63) is 60.2 Å². The summed E-state index contributed by atoms with van der Waals surface area (Å²) in [5, 5.41) is 2.99. The summed E-state index contributed by atoms with van der Waals surface area (Å²) in [6, 6.07) is 17.4. The molecule has 4 nitrogen and oxygen atoms in total. The van der Waals surface area contributed by atoms with Crippen LogP contribution in [-0.2, 0) is 11.4 Å². The van der Waals surface area contributed by atoms with Crippen molar-refractivity contribution in [2.75, 3.05) is 11.9 Å². The molecule has 2 aromatic rings. The van der Waals surface area contributed by atoms with E-state index in [2.05, 4.69) is 5.32 Å². The number of benzene rings is 2. The van der Waals surface area contributed by atoms with Crippen LogP contribution in [0.3, 0.4) is 0 Å². The Kier molecular flexibility index (Phi) is 7.84. The van der Waals surface area contributed by atoms with Gasteiger partial charge in [0.1, 0.15) is 12.4 Å². The van der Waals surface area contributed by atoms with Crippen LogP contribution in [0.4, 0.5) is 5.69 Å². The van der Waals surface area contributed by atoms with Gasteiger partial charge >= 0.3 is 0 Å². The van der Waals surface area contributed by atoms with Gasteiger partial charge in [-0.15, -0.1) is 0 Å². The predicted octanol–water partition coefficient (Wildman–Crippen LogP) is 4.11. The first kappa shape index (κ1) is 18.0. The van der Waals surface area contributed by atoms with E-state index in [-0.39, 0.29) is 5.91 Å². The molecule has 0 atom stereocenters. The number of nitrogens with two attached hydrogens (primary N) is 1. The highest BCUT2D eigenvalue weighted by Gasteiger charge is 2.07. The van der Waals surface area contributed by atoms with Gasteiger partial charge in [0, 0.05) is 17.7 Å². The summed E-state index contributed by atoms with van der Waals surface area (Å²) < 4.78 is 5.78. The van der Waals surface area contributed by atoms with E-state index >= 15 is 0 Å². The number of rotatable bonds is 10. The Labute approximate surface area is 144 Å². The third kappa shape index (κ3) is 6.42. The Morgan fingerprint density at radius 2 is 1.62 bits per heavy atom. The minimum Gasteiger partial charge on any atom is -0.489 e. The number of unbranched alkanes of at least 4 members (excludes halogenated alkanes) is 3. The number of hydrogen-bond acceptors (Lipinski definition) is 3. The number of ether oxygens (including phenoxy) is 1. The highest BCUT2D eigenvalue weighted by Crippen LogP contribution is 2.19. The van der Waals surface area contributed by atoms with Crippen LogP contribution in [0.15, 0.2) is 54.6 Å². The van der Waals surface area contributed by atoms with E-state index in [1.807, 2.05) is 54.6 Å². The SMILES string of the molecule is NCCCCCCC(=O)Nc1ccccc1COc1ccccc1. The predicted molar refractivity (Wildman–Crippen MR) is 98.0 cm³/mol. The molecule has 0 saturated carbocycles. The molecule has 4 heteroatoms. The first-order valence-corrected chi connectivity index (χ1v) is 8.55. The number of carbonyl (C=O) groups is 1. The van der Waals surface area contributed by atoms with Crippen LogP contribution in [0.5, 0.6) is 5.75 Å². The summed E-state index contributed by atoms with van der Waals surface area (Å²) in [6.07, 6.45) is 4.60. The average Bonchev–Trinajstić information content (AvgIpc) is 2.62. The lowest BCUT2D eigenvalue weighted by Gasteiger charge is -2.12. The number of amides is 1. The molecule has 128 valence electrons. The van der Waals surface area contributed by atoms with Gasteiger partial charge in [-0.25, -0.2) is 0 Å². The van der Waals surface area contributed by atoms with Crippen molar-refractivity contribution in [3.8, 4) is 5.75 Å². The third-order valence-electron chi connectivity index (χ3n) is 3.79. The van der Waals surface area contributed by atoms with Crippen LogP contribution < -0.4 is 15.8 Å². The van der Waals surface area contributed by atoms with Crippen LogP contribution in [0, 0.1) is 0 Å². The van der Waals surface area contributed by atoms with Crippen molar-refractivity contribution in [2.24, 2.45) is 5.73 Å². The second-order valence-electron chi connectivity index (χ2n) is 5.76. The van der Waals surface area contributed by atoms with E-state index in [4.69, 9.17) is 10.5 Å². The molecule has 0 radical (unpaired) electrons. The van der Waals surface area contributed by atoms with Crippen LogP contribution in [0.2, 0.25) is 0 Å². The number of hydrogen-bond donors (Lipinski definition) is 2. The molecule has 0 aliphatic heterocycles. The minimum atomic E-state index is 0.0508. The molecule has 0 heterocycles. The van der Waals surface area contributed by atoms with Crippen LogP contribution in [-0.4, -0.2) is 12.5 Å². The molecule has 0 fully saturated rings. The van der Waals surface area contributed by atoms with E-state index in [1.165, 1.54) is 0 Å². The Balaban J connectivity index is 1.83. The zero-order valence-electron chi connectivity index (χ0n) is 14.0. The van der Waals surface area contributed by atoms with Gasteiger partial charge in [0.25, 0.3) is 0 Å². The van der Waals surface area contributed by atoms with Crippen molar-refractivity contribution in [1.29, 1.82) is 0 Å². The van der Waals surface area contributed by atoms with E-state index in [1.54, 1.807) is 0 Å². The normalized spacial score (nSPS) is 10.4. The summed E-state index contributed by atoms with van der Waals surface area (Å²) in [5.74, 6) is 0.869. The first-order valence-electron chi connectivity index (χ1n) is 8.55. The molecule has 0 unspecified atom stereocenters. The molecule has 2 rings (SSSR count). The lowest BCUT2D eigenvalue weighted by atomic mass is 10.1. The molecule has 3 N–H and O–H groups in total. The Hall–Kier alpha value is -2.33.